The molecule has 0 heterocycles. The first-order valence-electron chi connectivity index (χ1n) is 11.8. The summed E-state index contributed by atoms with van der Waals surface area (Å²) >= 11 is -3.05. The van der Waals surface area contributed by atoms with E-state index in [1.807, 2.05) is 6.92 Å². The number of methoxy groups -OCH3 is 1. The van der Waals surface area contributed by atoms with Gasteiger partial charge in [0.1, 0.15) is 0 Å². The zero-order chi connectivity index (χ0) is 21.4. The number of ketones is 1. The van der Waals surface area contributed by atoms with Crippen LogP contribution in [0.15, 0.2) is 9.16 Å². The molecule has 0 atom stereocenters. The van der Waals surface area contributed by atoms with E-state index in [0.717, 1.165) is 54.1 Å². The fourth-order valence-corrected chi connectivity index (χ4v) is 21.4. The van der Waals surface area contributed by atoms with Crippen molar-refractivity contribution in [1.29, 1.82) is 0 Å². The third-order valence-corrected chi connectivity index (χ3v) is 21.6. The number of unbranched alkanes of at least 4 members (excludes halogenated alkanes) is 5. The minimum atomic E-state index is -3.05. The number of ether oxygens (including phenoxy) is 1. The van der Waals surface area contributed by atoms with Crippen molar-refractivity contribution in [1.82, 2.24) is 0 Å². The zero-order valence-corrected chi connectivity index (χ0v) is 22.5. The second-order valence-corrected chi connectivity index (χ2v) is 21.2. The van der Waals surface area contributed by atoms with E-state index in [1.165, 1.54) is 39.7 Å². The summed E-state index contributed by atoms with van der Waals surface area (Å²) in [6, 6.07) is 0. The standard InChI is InChI=1S/C12H19O3.3C4H9.Sn/c1-4-6-7-8-10(11(13)5-2)9-12(14)15-3;3*1-3-4-2;/h4-8H2,1-3H3;3*1,3-4H2,2H3;. The summed E-state index contributed by atoms with van der Waals surface area (Å²) in [5, 5.41) is 0. The summed E-state index contributed by atoms with van der Waals surface area (Å²) in [6.45, 7) is 10.8. The van der Waals surface area contributed by atoms with E-state index in [4.69, 9.17) is 4.74 Å². The molecule has 0 N–H and O–H groups in total. The summed E-state index contributed by atoms with van der Waals surface area (Å²) in [7, 11) is 1.50. The number of rotatable bonds is 17. The number of allylic oxidation sites excluding steroid dienone is 1. The van der Waals surface area contributed by atoms with E-state index in [9.17, 15) is 9.59 Å². The molecule has 164 valence electrons. The van der Waals surface area contributed by atoms with Gasteiger partial charge in [-0.15, -0.1) is 0 Å². The van der Waals surface area contributed by atoms with E-state index in [-0.39, 0.29) is 11.8 Å². The summed E-state index contributed by atoms with van der Waals surface area (Å²) in [5.41, 5.74) is 0.863. The van der Waals surface area contributed by atoms with Gasteiger partial charge in [0.05, 0.1) is 0 Å². The van der Waals surface area contributed by atoms with Crippen LogP contribution >= 0.6 is 0 Å². The summed E-state index contributed by atoms with van der Waals surface area (Å²) < 4.78 is 9.84. The van der Waals surface area contributed by atoms with Gasteiger partial charge < -0.3 is 0 Å². The molecule has 0 aliphatic carbocycles. The van der Waals surface area contributed by atoms with Crippen LogP contribution in [0.3, 0.4) is 0 Å². The molecule has 0 saturated carbocycles. The normalized spacial score (nSPS) is 12.6. The van der Waals surface area contributed by atoms with Gasteiger partial charge in [0.2, 0.25) is 0 Å². The fourth-order valence-electron chi connectivity index (χ4n) is 4.23. The van der Waals surface area contributed by atoms with Crippen LogP contribution in [0, 0.1) is 0 Å². The predicted octanol–water partition coefficient (Wildman–Crippen LogP) is 7.40. The third-order valence-electron chi connectivity index (χ3n) is 5.94. The van der Waals surface area contributed by atoms with Gasteiger partial charge in [-0.3, -0.25) is 0 Å². The molecule has 3 nitrogen and oxygen atoms in total. The van der Waals surface area contributed by atoms with Gasteiger partial charge in [-0.25, -0.2) is 0 Å². The van der Waals surface area contributed by atoms with Crippen molar-refractivity contribution in [2.45, 2.75) is 119 Å². The minimum absolute atomic E-state index is 0.174. The van der Waals surface area contributed by atoms with Crippen LogP contribution in [0.5, 0.6) is 0 Å². The van der Waals surface area contributed by atoms with Crippen molar-refractivity contribution < 1.29 is 14.3 Å². The topological polar surface area (TPSA) is 43.4 Å². The summed E-state index contributed by atoms with van der Waals surface area (Å²) in [6.07, 6.45) is 11.4. The Morgan fingerprint density at radius 1 is 0.714 bits per heavy atom. The van der Waals surface area contributed by atoms with Crippen LogP contribution in [0.25, 0.3) is 0 Å². The Morgan fingerprint density at radius 3 is 1.54 bits per heavy atom. The molecule has 0 saturated heterocycles. The summed E-state index contributed by atoms with van der Waals surface area (Å²) in [5.74, 6) is 0.00878. The molecule has 28 heavy (non-hydrogen) atoms. The Balaban J connectivity index is 6.51. The second kappa shape index (κ2) is 16.5. The first-order valence-corrected chi connectivity index (χ1v) is 19.3. The average molecular weight is 501 g/mol. The Bertz CT molecular complexity index is 460. The van der Waals surface area contributed by atoms with Gasteiger partial charge in [0.25, 0.3) is 0 Å². The van der Waals surface area contributed by atoms with E-state index in [2.05, 4.69) is 27.7 Å². The van der Waals surface area contributed by atoms with E-state index < -0.39 is 18.4 Å². The molecule has 0 aromatic rings. The Labute approximate surface area is 178 Å². The van der Waals surface area contributed by atoms with Crippen molar-refractivity contribution in [3.63, 3.8) is 0 Å². The third kappa shape index (κ3) is 9.00. The monoisotopic (exact) mass is 502 g/mol. The Morgan fingerprint density at radius 2 is 1.18 bits per heavy atom. The zero-order valence-electron chi connectivity index (χ0n) is 19.6. The first kappa shape index (κ1) is 27.7. The molecule has 0 aliphatic heterocycles. The molecule has 0 radical (unpaired) electrons. The molecule has 0 amide bonds. The number of hydrogen-bond donors (Lipinski definition) is 0. The summed E-state index contributed by atoms with van der Waals surface area (Å²) in [4.78, 5) is 26.2. The number of hydrogen-bond acceptors (Lipinski definition) is 3. The molecule has 0 unspecified atom stereocenters. The molecular formula is C24H46O3Sn. The van der Waals surface area contributed by atoms with Gasteiger partial charge in [0.15, 0.2) is 0 Å². The van der Waals surface area contributed by atoms with Crippen LogP contribution in [0.1, 0.15) is 105 Å². The van der Waals surface area contributed by atoms with Crippen molar-refractivity contribution >= 4 is 30.1 Å². The van der Waals surface area contributed by atoms with Crippen LogP contribution < -0.4 is 0 Å². The van der Waals surface area contributed by atoms with Crippen LogP contribution in [-0.2, 0) is 14.3 Å². The molecule has 0 aromatic carbocycles. The van der Waals surface area contributed by atoms with Gasteiger partial charge in [0, 0.05) is 0 Å². The Hall–Kier alpha value is -0.321. The van der Waals surface area contributed by atoms with Crippen molar-refractivity contribution in [3.8, 4) is 0 Å². The SMILES string of the molecule is CCCCC/C(C(=O)CC)=[C](\C(=O)OC)[Sn]([CH2]CCC)([CH2]CCC)[CH2]CCC. The van der Waals surface area contributed by atoms with Crippen LogP contribution in [-0.4, -0.2) is 37.2 Å². The molecule has 4 heteroatoms. The van der Waals surface area contributed by atoms with E-state index >= 15 is 0 Å². The van der Waals surface area contributed by atoms with E-state index in [1.54, 1.807) is 0 Å². The van der Waals surface area contributed by atoms with Crippen molar-refractivity contribution in [2.75, 3.05) is 7.11 Å². The van der Waals surface area contributed by atoms with Gasteiger partial charge >= 0.3 is 179 Å². The van der Waals surface area contributed by atoms with Crippen LogP contribution in [0.2, 0.25) is 13.3 Å². The number of carbonyl (C=O) groups is 2. The quantitative estimate of drug-likeness (QED) is 0.0903. The van der Waals surface area contributed by atoms with Crippen molar-refractivity contribution in [3.05, 3.63) is 9.16 Å². The van der Waals surface area contributed by atoms with Gasteiger partial charge in [-0.1, -0.05) is 0 Å². The molecule has 0 bridgehead atoms. The second-order valence-electron chi connectivity index (χ2n) is 8.17. The molecule has 0 aliphatic rings. The fraction of sp³-hybridized carbons (Fsp3) is 0.833. The molecule has 0 spiro atoms. The number of Topliss-reactive ketones (excluding diaryl/α,β-unsaturated/α-hetero) is 1. The molecular weight excluding hydrogens is 455 g/mol. The molecule has 0 aromatic heterocycles. The predicted molar refractivity (Wildman–Crippen MR) is 123 cm³/mol. The van der Waals surface area contributed by atoms with Crippen molar-refractivity contribution in [2.24, 2.45) is 0 Å². The molecule has 0 fully saturated rings. The van der Waals surface area contributed by atoms with Crippen LogP contribution in [0.4, 0.5) is 0 Å². The maximum absolute atomic E-state index is 13.2. The average Bonchev–Trinajstić information content (AvgIpc) is 2.72. The van der Waals surface area contributed by atoms with Gasteiger partial charge in [-0.05, 0) is 0 Å². The van der Waals surface area contributed by atoms with E-state index in [0.29, 0.717) is 6.42 Å². The number of carbonyl (C=O) groups excluding carboxylic acids is 2. The first-order chi connectivity index (χ1) is 13.5. The van der Waals surface area contributed by atoms with Gasteiger partial charge in [-0.2, -0.15) is 0 Å². The Kier molecular flexibility index (Phi) is 16.3. The molecule has 0 rings (SSSR count). The maximum atomic E-state index is 13.2. The number of esters is 1.